The van der Waals surface area contributed by atoms with Crippen LogP contribution in [0.3, 0.4) is 0 Å². The Kier molecular flexibility index (Phi) is 3.32. The molecule has 0 aliphatic carbocycles. The zero-order valence-electron chi connectivity index (χ0n) is 10.1. The van der Waals surface area contributed by atoms with Gasteiger partial charge < -0.3 is 0 Å². The van der Waals surface area contributed by atoms with Crippen molar-refractivity contribution in [2.24, 2.45) is 0 Å². The Morgan fingerprint density at radius 3 is 2.72 bits per heavy atom. The van der Waals surface area contributed by atoms with Crippen LogP contribution in [-0.2, 0) is 0 Å². The molecule has 0 saturated carbocycles. The minimum absolute atomic E-state index is 0.238. The molecule has 1 aromatic heterocycles. The van der Waals surface area contributed by atoms with Crippen LogP contribution in [0, 0.1) is 19.7 Å². The second-order valence-electron chi connectivity index (χ2n) is 3.94. The van der Waals surface area contributed by atoms with Gasteiger partial charge in [-0.15, -0.1) is 0 Å². The predicted octanol–water partition coefficient (Wildman–Crippen LogP) is 2.48. The van der Waals surface area contributed by atoms with Crippen LogP contribution in [0.2, 0.25) is 0 Å². The first kappa shape index (κ1) is 12.2. The number of nitrogens with one attached hydrogen (secondary N) is 1. The van der Waals surface area contributed by atoms with E-state index in [1.165, 1.54) is 18.2 Å². The SMILES string of the molecule is Cc1ccnc(NC(=O)c2ccc(F)c(C)c2)n1. The summed E-state index contributed by atoms with van der Waals surface area (Å²) in [6.07, 6.45) is 1.56. The first-order chi connectivity index (χ1) is 8.56. The number of carbonyl (C=O) groups is 1. The lowest BCUT2D eigenvalue weighted by atomic mass is 10.1. The summed E-state index contributed by atoms with van der Waals surface area (Å²) in [6.45, 7) is 3.41. The number of hydrogen-bond donors (Lipinski definition) is 1. The molecule has 0 spiro atoms. The van der Waals surface area contributed by atoms with Crippen molar-refractivity contribution < 1.29 is 9.18 Å². The molecule has 1 N–H and O–H groups in total. The van der Waals surface area contributed by atoms with E-state index in [9.17, 15) is 9.18 Å². The topological polar surface area (TPSA) is 54.9 Å². The first-order valence-corrected chi connectivity index (χ1v) is 5.43. The predicted molar refractivity (Wildman–Crippen MR) is 65.9 cm³/mol. The van der Waals surface area contributed by atoms with Crippen LogP contribution in [0.5, 0.6) is 0 Å². The number of aromatic nitrogens is 2. The summed E-state index contributed by atoms with van der Waals surface area (Å²) in [5, 5.41) is 2.56. The van der Waals surface area contributed by atoms with Crippen molar-refractivity contribution in [2.45, 2.75) is 13.8 Å². The summed E-state index contributed by atoms with van der Waals surface area (Å²) in [5.41, 5.74) is 1.56. The lowest BCUT2D eigenvalue weighted by Gasteiger charge is -2.05. The molecule has 0 unspecified atom stereocenters. The highest BCUT2D eigenvalue weighted by atomic mass is 19.1. The molecule has 5 heteroatoms. The molecule has 4 nitrogen and oxygen atoms in total. The summed E-state index contributed by atoms with van der Waals surface area (Å²) in [7, 11) is 0. The molecule has 2 aromatic rings. The van der Waals surface area contributed by atoms with E-state index in [2.05, 4.69) is 15.3 Å². The summed E-state index contributed by atoms with van der Waals surface area (Å²) in [6, 6.07) is 5.91. The summed E-state index contributed by atoms with van der Waals surface area (Å²) in [5.74, 6) is -0.455. The van der Waals surface area contributed by atoms with E-state index in [0.29, 0.717) is 11.1 Å². The van der Waals surface area contributed by atoms with Gasteiger partial charge in [-0.05, 0) is 43.7 Å². The highest BCUT2D eigenvalue weighted by molar-refractivity contribution is 6.03. The lowest BCUT2D eigenvalue weighted by molar-refractivity contribution is 0.102. The molecule has 0 radical (unpaired) electrons. The zero-order valence-corrected chi connectivity index (χ0v) is 10.1. The Hall–Kier alpha value is -2.30. The number of anilines is 1. The van der Waals surface area contributed by atoms with Crippen LogP contribution in [0.4, 0.5) is 10.3 Å². The van der Waals surface area contributed by atoms with Crippen molar-refractivity contribution >= 4 is 11.9 Å². The molecular formula is C13H12FN3O. The number of amides is 1. The molecule has 0 aliphatic rings. The van der Waals surface area contributed by atoms with Gasteiger partial charge in [0.25, 0.3) is 5.91 Å². The Bertz CT molecular complexity index is 599. The zero-order chi connectivity index (χ0) is 13.1. The Balaban J connectivity index is 2.19. The third-order valence-corrected chi connectivity index (χ3v) is 2.44. The van der Waals surface area contributed by atoms with E-state index in [1.807, 2.05) is 0 Å². The van der Waals surface area contributed by atoms with Gasteiger partial charge in [0.2, 0.25) is 5.95 Å². The molecule has 0 fully saturated rings. The first-order valence-electron chi connectivity index (χ1n) is 5.43. The Morgan fingerprint density at radius 2 is 2.06 bits per heavy atom. The number of aryl methyl sites for hydroxylation is 2. The maximum atomic E-state index is 13.1. The average molecular weight is 245 g/mol. The van der Waals surface area contributed by atoms with Gasteiger partial charge in [-0.3, -0.25) is 10.1 Å². The smallest absolute Gasteiger partial charge is 0.258 e. The van der Waals surface area contributed by atoms with Crippen molar-refractivity contribution in [3.05, 3.63) is 53.1 Å². The van der Waals surface area contributed by atoms with Crippen molar-refractivity contribution in [1.29, 1.82) is 0 Å². The summed E-state index contributed by atoms with van der Waals surface area (Å²) in [4.78, 5) is 19.9. The van der Waals surface area contributed by atoms with Crippen LogP contribution < -0.4 is 5.32 Å². The van der Waals surface area contributed by atoms with Crippen LogP contribution in [-0.4, -0.2) is 15.9 Å². The van der Waals surface area contributed by atoms with E-state index >= 15 is 0 Å². The molecule has 0 aliphatic heterocycles. The van der Waals surface area contributed by atoms with Gasteiger partial charge in [-0.1, -0.05) is 0 Å². The minimum atomic E-state index is -0.358. The van der Waals surface area contributed by atoms with E-state index in [-0.39, 0.29) is 17.7 Å². The van der Waals surface area contributed by atoms with Crippen LogP contribution in [0.1, 0.15) is 21.6 Å². The fourth-order valence-corrected chi connectivity index (χ4v) is 1.47. The van der Waals surface area contributed by atoms with Crippen molar-refractivity contribution in [3.8, 4) is 0 Å². The molecule has 1 heterocycles. The molecule has 2 rings (SSSR count). The third-order valence-electron chi connectivity index (χ3n) is 2.44. The largest absolute Gasteiger partial charge is 0.290 e. The van der Waals surface area contributed by atoms with Crippen LogP contribution in [0.25, 0.3) is 0 Å². The molecular weight excluding hydrogens is 233 g/mol. The normalized spacial score (nSPS) is 10.2. The molecule has 0 saturated heterocycles. The number of halogens is 1. The van der Waals surface area contributed by atoms with Gasteiger partial charge in [0.05, 0.1) is 0 Å². The molecule has 1 aromatic carbocycles. The molecule has 18 heavy (non-hydrogen) atoms. The third kappa shape index (κ3) is 2.68. The lowest BCUT2D eigenvalue weighted by Crippen LogP contribution is -2.14. The van der Waals surface area contributed by atoms with Gasteiger partial charge >= 0.3 is 0 Å². The maximum absolute atomic E-state index is 13.1. The monoisotopic (exact) mass is 245 g/mol. The fraction of sp³-hybridized carbons (Fsp3) is 0.154. The van der Waals surface area contributed by atoms with Gasteiger partial charge in [-0.2, -0.15) is 0 Å². The molecule has 1 amide bonds. The van der Waals surface area contributed by atoms with Crippen LogP contribution >= 0.6 is 0 Å². The van der Waals surface area contributed by atoms with Gasteiger partial charge in [0.15, 0.2) is 0 Å². The van der Waals surface area contributed by atoms with Gasteiger partial charge in [0.1, 0.15) is 5.82 Å². The second-order valence-corrected chi connectivity index (χ2v) is 3.94. The maximum Gasteiger partial charge on any atom is 0.258 e. The quantitative estimate of drug-likeness (QED) is 0.884. The molecule has 0 atom stereocenters. The van der Waals surface area contributed by atoms with E-state index in [4.69, 9.17) is 0 Å². The van der Waals surface area contributed by atoms with Crippen molar-refractivity contribution in [3.63, 3.8) is 0 Å². The molecule has 0 bridgehead atoms. The number of hydrogen-bond acceptors (Lipinski definition) is 3. The fourth-order valence-electron chi connectivity index (χ4n) is 1.47. The van der Waals surface area contributed by atoms with E-state index in [1.54, 1.807) is 26.1 Å². The van der Waals surface area contributed by atoms with Gasteiger partial charge in [-0.25, -0.2) is 14.4 Å². The van der Waals surface area contributed by atoms with E-state index in [0.717, 1.165) is 5.69 Å². The van der Waals surface area contributed by atoms with Crippen LogP contribution in [0.15, 0.2) is 30.5 Å². The van der Waals surface area contributed by atoms with Crippen molar-refractivity contribution in [1.82, 2.24) is 9.97 Å². The Labute approximate surface area is 104 Å². The number of carbonyl (C=O) groups excluding carboxylic acids is 1. The number of benzene rings is 1. The standard InChI is InChI=1S/C13H12FN3O/c1-8-7-10(3-4-11(8)14)12(18)17-13-15-6-5-9(2)16-13/h3-7H,1-2H3,(H,15,16,17,18). The highest BCUT2D eigenvalue weighted by Gasteiger charge is 2.09. The number of rotatable bonds is 2. The summed E-state index contributed by atoms with van der Waals surface area (Å²) < 4.78 is 13.1. The van der Waals surface area contributed by atoms with E-state index < -0.39 is 0 Å². The number of nitrogens with zero attached hydrogens (tertiary/aromatic N) is 2. The average Bonchev–Trinajstić information content (AvgIpc) is 2.32. The second kappa shape index (κ2) is 4.91. The molecule has 92 valence electrons. The van der Waals surface area contributed by atoms with Gasteiger partial charge in [0, 0.05) is 17.5 Å². The van der Waals surface area contributed by atoms with Crippen molar-refractivity contribution in [2.75, 3.05) is 5.32 Å². The summed E-state index contributed by atoms with van der Waals surface area (Å²) >= 11 is 0. The minimum Gasteiger partial charge on any atom is -0.290 e. The Morgan fingerprint density at radius 1 is 1.28 bits per heavy atom. The highest BCUT2D eigenvalue weighted by Crippen LogP contribution is 2.10.